The highest BCUT2D eigenvalue weighted by Crippen LogP contribution is 2.36. The average molecular weight is 342 g/mol. The van der Waals surface area contributed by atoms with Crippen molar-refractivity contribution in [3.63, 3.8) is 0 Å². The smallest absolute Gasteiger partial charge is 0.130 e. The van der Waals surface area contributed by atoms with Crippen molar-refractivity contribution >= 4 is 6.21 Å². The second-order valence-corrected chi connectivity index (χ2v) is 6.41. The Hall–Kier alpha value is -2.87. The lowest BCUT2D eigenvalue weighted by Crippen LogP contribution is -2.41. The SMILES string of the molecule is CCCC/C=N/NC(c1ccccc1)(c1ccccc1)c1ccccc1. The molecule has 26 heavy (non-hydrogen) atoms. The topological polar surface area (TPSA) is 24.4 Å². The summed E-state index contributed by atoms with van der Waals surface area (Å²) in [6.45, 7) is 2.20. The zero-order valence-electron chi connectivity index (χ0n) is 15.3. The van der Waals surface area contributed by atoms with Crippen LogP contribution in [0.5, 0.6) is 0 Å². The van der Waals surface area contributed by atoms with Gasteiger partial charge < -0.3 is 0 Å². The average Bonchev–Trinajstić information content (AvgIpc) is 2.73. The monoisotopic (exact) mass is 342 g/mol. The summed E-state index contributed by atoms with van der Waals surface area (Å²) in [5.41, 5.74) is 6.50. The van der Waals surface area contributed by atoms with Gasteiger partial charge in [0.05, 0.1) is 0 Å². The van der Waals surface area contributed by atoms with Crippen LogP contribution in [0, 0.1) is 0 Å². The fourth-order valence-corrected chi connectivity index (χ4v) is 3.26. The van der Waals surface area contributed by atoms with Gasteiger partial charge in [-0.1, -0.05) is 104 Å². The van der Waals surface area contributed by atoms with E-state index in [1.165, 1.54) is 23.1 Å². The molecule has 2 nitrogen and oxygen atoms in total. The first kappa shape index (κ1) is 17.9. The molecule has 1 N–H and O–H groups in total. The van der Waals surface area contributed by atoms with Gasteiger partial charge in [0.25, 0.3) is 0 Å². The van der Waals surface area contributed by atoms with E-state index in [2.05, 4.69) is 108 Å². The van der Waals surface area contributed by atoms with Crippen molar-refractivity contribution in [2.24, 2.45) is 5.10 Å². The highest BCUT2D eigenvalue weighted by molar-refractivity contribution is 5.57. The van der Waals surface area contributed by atoms with E-state index in [9.17, 15) is 0 Å². The molecular weight excluding hydrogens is 316 g/mol. The van der Waals surface area contributed by atoms with E-state index in [-0.39, 0.29) is 0 Å². The Morgan fingerprint density at radius 3 is 1.54 bits per heavy atom. The van der Waals surface area contributed by atoms with E-state index in [0.29, 0.717) is 0 Å². The molecule has 0 heterocycles. The van der Waals surface area contributed by atoms with Crippen LogP contribution in [0.4, 0.5) is 0 Å². The number of hydrogen-bond donors (Lipinski definition) is 1. The van der Waals surface area contributed by atoms with Crippen molar-refractivity contribution in [2.45, 2.75) is 31.7 Å². The fraction of sp³-hybridized carbons (Fsp3) is 0.208. The molecule has 0 fully saturated rings. The van der Waals surface area contributed by atoms with Crippen LogP contribution in [-0.4, -0.2) is 6.21 Å². The number of unbranched alkanes of at least 4 members (excludes halogenated alkanes) is 2. The maximum Gasteiger partial charge on any atom is 0.130 e. The van der Waals surface area contributed by atoms with Crippen LogP contribution in [0.25, 0.3) is 0 Å². The minimum atomic E-state index is -0.521. The number of hydrogen-bond acceptors (Lipinski definition) is 2. The molecule has 2 heteroatoms. The molecule has 0 aliphatic carbocycles. The molecule has 3 aromatic rings. The van der Waals surface area contributed by atoms with Crippen LogP contribution in [0.1, 0.15) is 42.9 Å². The summed E-state index contributed by atoms with van der Waals surface area (Å²) in [6.07, 6.45) is 5.30. The second-order valence-electron chi connectivity index (χ2n) is 6.41. The van der Waals surface area contributed by atoms with E-state index in [1.807, 2.05) is 6.21 Å². The third-order valence-electron chi connectivity index (χ3n) is 4.63. The molecule has 0 aliphatic rings. The Bertz CT molecular complexity index is 699. The largest absolute Gasteiger partial charge is 0.291 e. The summed E-state index contributed by atoms with van der Waals surface area (Å²) in [4.78, 5) is 0. The van der Waals surface area contributed by atoms with Gasteiger partial charge in [0.1, 0.15) is 5.54 Å². The normalized spacial score (nSPS) is 11.6. The van der Waals surface area contributed by atoms with Gasteiger partial charge in [-0.15, -0.1) is 0 Å². The zero-order chi connectivity index (χ0) is 18.1. The van der Waals surface area contributed by atoms with Crippen molar-refractivity contribution in [2.75, 3.05) is 0 Å². The molecule has 0 atom stereocenters. The van der Waals surface area contributed by atoms with Gasteiger partial charge in [0, 0.05) is 6.21 Å². The van der Waals surface area contributed by atoms with Crippen LogP contribution in [0.15, 0.2) is 96.1 Å². The van der Waals surface area contributed by atoms with Crippen molar-refractivity contribution in [3.05, 3.63) is 108 Å². The van der Waals surface area contributed by atoms with Gasteiger partial charge in [-0.2, -0.15) is 5.10 Å². The van der Waals surface area contributed by atoms with Crippen LogP contribution < -0.4 is 5.43 Å². The fourth-order valence-electron chi connectivity index (χ4n) is 3.26. The molecular formula is C24H26N2. The predicted molar refractivity (Wildman–Crippen MR) is 110 cm³/mol. The zero-order valence-corrected chi connectivity index (χ0v) is 15.3. The highest BCUT2D eigenvalue weighted by Gasteiger charge is 2.35. The minimum Gasteiger partial charge on any atom is -0.291 e. The number of nitrogens with zero attached hydrogens (tertiary/aromatic N) is 1. The predicted octanol–water partition coefficient (Wildman–Crippen LogP) is 5.74. The van der Waals surface area contributed by atoms with Gasteiger partial charge >= 0.3 is 0 Å². The Morgan fingerprint density at radius 1 is 0.731 bits per heavy atom. The molecule has 0 unspecified atom stereocenters. The standard InChI is InChI=1S/C24H26N2/c1-2-3-13-20-25-26-24(21-14-7-4-8-15-21,22-16-9-5-10-17-22)23-18-11-6-12-19-23/h4-12,14-20,26H,2-3,13H2,1H3/b25-20+. The first-order chi connectivity index (χ1) is 12.9. The highest BCUT2D eigenvalue weighted by atomic mass is 15.3. The molecule has 0 saturated carbocycles. The van der Waals surface area contributed by atoms with Crippen molar-refractivity contribution in [1.29, 1.82) is 0 Å². The molecule has 0 aromatic heterocycles. The number of rotatable bonds is 8. The Labute approximate surface area is 156 Å². The van der Waals surface area contributed by atoms with Crippen molar-refractivity contribution < 1.29 is 0 Å². The number of hydrazone groups is 1. The molecule has 0 spiro atoms. The summed E-state index contributed by atoms with van der Waals surface area (Å²) in [5.74, 6) is 0. The van der Waals surface area contributed by atoms with Crippen molar-refractivity contribution in [1.82, 2.24) is 5.43 Å². The molecule has 0 aliphatic heterocycles. The van der Waals surface area contributed by atoms with Gasteiger partial charge in [-0.25, -0.2) is 0 Å². The van der Waals surface area contributed by atoms with E-state index in [4.69, 9.17) is 0 Å². The maximum absolute atomic E-state index is 4.64. The van der Waals surface area contributed by atoms with Gasteiger partial charge in [-0.05, 0) is 29.5 Å². The van der Waals surface area contributed by atoms with Crippen molar-refractivity contribution in [3.8, 4) is 0 Å². The van der Waals surface area contributed by atoms with E-state index < -0.39 is 5.54 Å². The molecule has 0 radical (unpaired) electrons. The third kappa shape index (κ3) is 3.85. The summed E-state index contributed by atoms with van der Waals surface area (Å²) < 4.78 is 0. The second kappa shape index (κ2) is 9.00. The quantitative estimate of drug-likeness (QED) is 0.240. The van der Waals surface area contributed by atoms with Gasteiger partial charge in [0.15, 0.2) is 0 Å². The van der Waals surface area contributed by atoms with E-state index in [1.54, 1.807) is 0 Å². The van der Waals surface area contributed by atoms with Crippen LogP contribution in [-0.2, 0) is 5.54 Å². The van der Waals surface area contributed by atoms with Crippen LogP contribution >= 0.6 is 0 Å². The van der Waals surface area contributed by atoms with Gasteiger partial charge in [-0.3, -0.25) is 5.43 Å². The number of benzene rings is 3. The molecule has 0 amide bonds. The molecule has 0 bridgehead atoms. The molecule has 3 rings (SSSR count). The van der Waals surface area contributed by atoms with Gasteiger partial charge in [0.2, 0.25) is 0 Å². The first-order valence-corrected chi connectivity index (χ1v) is 9.33. The number of nitrogens with one attached hydrogen (secondary N) is 1. The molecule has 0 saturated heterocycles. The summed E-state index contributed by atoms with van der Waals surface area (Å²) in [6, 6.07) is 31.6. The van der Waals surface area contributed by atoms with Crippen LogP contribution in [0.2, 0.25) is 0 Å². The maximum atomic E-state index is 4.64. The lowest BCUT2D eigenvalue weighted by Gasteiger charge is -2.35. The lowest BCUT2D eigenvalue weighted by molar-refractivity contribution is 0.492. The lowest BCUT2D eigenvalue weighted by atomic mass is 9.77. The van der Waals surface area contributed by atoms with E-state index in [0.717, 1.165) is 12.8 Å². The molecule has 132 valence electrons. The minimum absolute atomic E-state index is 0.521. The Kier molecular flexibility index (Phi) is 6.21. The summed E-state index contributed by atoms with van der Waals surface area (Å²) in [5, 5.41) is 4.64. The Morgan fingerprint density at radius 2 is 1.15 bits per heavy atom. The third-order valence-corrected chi connectivity index (χ3v) is 4.63. The Balaban J connectivity index is 2.13. The van der Waals surface area contributed by atoms with E-state index >= 15 is 0 Å². The first-order valence-electron chi connectivity index (χ1n) is 9.33. The summed E-state index contributed by atoms with van der Waals surface area (Å²) in [7, 11) is 0. The molecule has 3 aromatic carbocycles. The summed E-state index contributed by atoms with van der Waals surface area (Å²) >= 11 is 0. The van der Waals surface area contributed by atoms with Crippen LogP contribution in [0.3, 0.4) is 0 Å².